The highest BCUT2D eigenvalue weighted by atomic mass is 32.2. The Morgan fingerprint density at radius 2 is 1.78 bits per heavy atom. The zero-order valence-electron chi connectivity index (χ0n) is 20.3. The summed E-state index contributed by atoms with van der Waals surface area (Å²) in [6.45, 7) is 1.10. The van der Waals surface area contributed by atoms with Crippen LogP contribution in [0, 0.1) is 0 Å². The highest BCUT2D eigenvalue weighted by Gasteiger charge is 2.22. The van der Waals surface area contributed by atoms with Crippen LogP contribution in [-0.2, 0) is 21.2 Å². The van der Waals surface area contributed by atoms with Gasteiger partial charge in [0.2, 0.25) is 5.91 Å². The molecule has 4 aromatic rings. The molecule has 1 fully saturated rings. The van der Waals surface area contributed by atoms with Gasteiger partial charge in [-0.2, -0.15) is 0 Å². The second kappa shape index (κ2) is 10.4. The number of rotatable bonds is 8. The molecule has 0 unspecified atom stereocenters. The Kier molecular flexibility index (Phi) is 6.87. The molecule has 37 heavy (non-hydrogen) atoms. The first-order valence-electron chi connectivity index (χ1n) is 11.9. The van der Waals surface area contributed by atoms with Crippen LogP contribution < -0.4 is 10.1 Å². The SMILES string of the molecule is CS(=O)(=O)c1ccc(Oc2ccc(Nc3ccc(-c4ccccc4)cn3)cc2CN2CCCC2=O)cn1. The molecule has 0 spiro atoms. The minimum absolute atomic E-state index is 0.0203. The molecule has 0 bridgehead atoms. The van der Waals surface area contributed by atoms with Crippen LogP contribution in [0.3, 0.4) is 0 Å². The third-order valence-electron chi connectivity index (χ3n) is 6.05. The topological polar surface area (TPSA) is 101 Å². The van der Waals surface area contributed by atoms with E-state index in [1.54, 1.807) is 6.07 Å². The van der Waals surface area contributed by atoms with E-state index in [1.165, 1.54) is 12.3 Å². The van der Waals surface area contributed by atoms with Gasteiger partial charge in [-0.3, -0.25) is 4.79 Å². The average Bonchev–Trinajstić information content (AvgIpc) is 3.30. The monoisotopic (exact) mass is 514 g/mol. The van der Waals surface area contributed by atoms with E-state index in [0.29, 0.717) is 36.8 Å². The van der Waals surface area contributed by atoms with Crippen LogP contribution in [0.5, 0.6) is 11.5 Å². The van der Waals surface area contributed by atoms with Crippen LogP contribution in [0.25, 0.3) is 11.1 Å². The maximum Gasteiger partial charge on any atom is 0.222 e. The number of carbonyl (C=O) groups is 1. The van der Waals surface area contributed by atoms with Gasteiger partial charge in [0.1, 0.15) is 17.3 Å². The molecular weight excluding hydrogens is 488 g/mol. The molecule has 9 heteroatoms. The summed E-state index contributed by atoms with van der Waals surface area (Å²) in [5, 5.41) is 3.30. The Bertz CT molecular complexity index is 1510. The summed E-state index contributed by atoms with van der Waals surface area (Å²) in [4.78, 5) is 22.7. The Hall–Kier alpha value is -4.24. The maximum atomic E-state index is 12.3. The lowest BCUT2D eigenvalue weighted by Gasteiger charge is -2.19. The van der Waals surface area contributed by atoms with E-state index < -0.39 is 9.84 Å². The molecule has 3 heterocycles. The number of ether oxygens (including phenoxy) is 1. The molecule has 0 atom stereocenters. The number of pyridine rings is 2. The second-order valence-electron chi connectivity index (χ2n) is 8.87. The minimum atomic E-state index is -3.40. The van der Waals surface area contributed by atoms with Crippen molar-refractivity contribution in [3.63, 3.8) is 0 Å². The molecule has 5 rings (SSSR count). The number of nitrogens with zero attached hydrogens (tertiary/aromatic N) is 3. The summed E-state index contributed by atoms with van der Waals surface area (Å²) in [5.74, 6) is 1.77. The van der Waals surface area contributed by atoms with Gasteiger partial charge in [-0.1, -0.05) is 30.3 Å². The Morgan fingerprint density at radius 3 is 2.43 bits per heavy atom. The van der Waals surface area contributed by atoms with Gasteiger partial charge in [-0.25, -0.2) is 18.4 Å². The lowest BCUT2D eigenvalue weighted by atomic mass is 10.1. The van der Waals surface area contributed by atoms with Crippen molar-refractivity contribution >= 4 is 27.2 Å². The van der Waals surface area contributed by atoms with Gasteiger partial charge < -0.3 is 15.0 Å². The van der Waals surface area contributed by atoms with Crippen molar-refractivity contribution in [2.24, 2.45) is 0 Å². The number of amides is 1. The van der Waals surface area contributed by atoms with E-state index >= 15 is 0 Å². The van der Waals surface area contributed by atoms with Gasteiger partial charge in [0.25, 0.3) is 0 Å². The van der Waals surface area contributed by atoms with Crippen LogP contribution in [0.4, 0.5) is 11.5 Å². The van der Waals surface area contributed by atoms with Crippen molar-refractivity contribution in [1.29, 1.82) is 0 Å². The predicted molar refractivity (Wildman–Crippen MR) is 141 cm³/mol. The highest BCUT2D eigenvalue weighted by Crippen LogP contribution is 2.31. The van der Waals surface area contributed by atoms with Gasteiger partial charge >= 0.3 is 0 Å². The Morgan fingerprint density at radius 1 is 0.946 bits per heavy atom. The number of anilines is 2. The van der Waals surface area contributed by atoms with Crippen LogP contribution >= 0.6 is 0 Å². The number of hydrogen-bond donors (Lipinski definition) is 1. The van der Waals surface area contributed by atoms with Gasteiger partial charge in [0.05, 0.1) is 6.20 Å². The van der Waals surface area contributed by atoms with E-state index in [4.69, 9.17) is 4.74 Å². The summed E-state index contributed by atoms with van der Waals surface area (Å²) >= 11 is 0. The molecule has 1 saturated heterocycles. The Balaban J connectivity index is 1.38. The maximum absolute atomic E-state index is 12.3. The number of benzene rings is 2. The molecule has 1 amide bonds. The van der Waals surface area contributed by atoms with Crippen molar-refractivity contribution in [3.8, 4) is 22.6 Å². The number of carbonyl (C=O) groups excluding carboxylic acids is 1. The summed E-state index contributed by atoms with van der Waals surface area (Å²) in [6.07, 6.45) is 5.69. The first-order valence-corrected chi connectivity index (χ1v) is 13.8. The molecule has 1 N–H and O–H groups in total. The molecular formula is C28H26N4O4S. The van der Waals surface area contributed by atoms with Crippen molar-refractivity contribution in [2.45, 2.75) is 24.4 Å². The standard InChI is InChI=1S/C28H26N4O4S/c1-37(34,35)27-14-11-24(18-30-27)36-25-12-10-23(16-22(25)19-32-15-5-8-28(32)33)31-26-13-9-21(17-29-26)20-6-3-2-4-7-20/h2-4,6-7,9-14,16-18H,5,8,15,19H2,1H3,(H,29,31). The van der Waals surface area contributed by atoms with Gasteiger partial charge in [0.15, 0.2) is 14.9 Å². The van der Waals surface area contributed by atoms with Crippen LogP contribution in [0.2, 0.25) is 0 Å². The van der Waals surface area contributed by atoms with Crippen LogP contribution in [0.1, 0.15) is 18.4 Å². The molecule has 188 valence electrons. The smallest absolute Gasteiger partial charge is 0.222 e. The quantitative estimate of drug-likeness (QED) is 0.345. The summed E-state index contributed by atoms with van der Waals surface area (Å²) < 4.78 is 29.5. The summed E-state index contributed by atoms with van der Waals surface area (Å²) in [7, 11) is -3.40. The first kappa shape index (κ1) is 24.5. The van der Waals surface area contributed by atoms with Crippen LogP contribution in [-0.4, -0.2) is 42.0 Å². The van der Waals surface area contributed by atoms with E-state index in [9.17, 15) is 13.2 Å². The zero-order valence-corrected chi connectivity index (χ0v) is 21.1. The summed E-state index contributed by atoms with van der Waals surface area (Å²) in [6, 6.07) is 22.6. The minimum Gasteiger partial charge on any atom is -0.455 e. The molecule has 0 saturated carbocycles. The summed E-state index contributed by atoms with van der Waals surface area (Å²) in [5.41, 5.74) is 3.74. The first-order chi connectivity index (χ1) is 17.8. The third kappa shape index (κ3) is 5.95. The van der Waals surface area contributed by atoms with E-state index in [-0.39, 0.29) is 10.9 Å². The van der Waals surface area contributed by atoms with E-state index in [1.807, 2.05) is 71.8 Å². The van der Waals surface area contributed by atoms with Gasteiger partial charge in [0, 0.05) is 48.8 Å². The number of aromatic nitrogens is 2. The van der Waals surface area contributed by atoms with Crippen molar-refractivity contribution in [3.05, 3.63) is 90.8 Å². The third-order valence-corrected chi connectivity index (χ3v) is 7.05. The Labute approximate surface area is 215 Å². The molecule has 0 radical (unpaired) electrons. The largest absolute Gasteiger partial charge is 0.455 e. The number of hydrogen-bond acceptors (Lipinski definition) is 7. The number of likely N-dealkylation sites (tertiary alicyclic amines) is 1. The predicted octanol–water partition coefficient (Wildman–Crippen LogP) is 5.21. The molecule has 8 nitrogen and oxygen atoms in total. The molecule has 2 aromatic carbocycles. The van der Waals surface area contributed by atoms with Crippen LogP contribution in [0.15, 0.2) is 90.2 Å². The molecule has 1 aliphatic heterocycles. The fraction of sp³-hybridized carbons (Fsp3) is 0.179. The zero-order chi connectivity index (χ0) is 25.8. The second-order valence-corrected chi connectivity index (χ2v) is 10.8. The number of nitrogens with one attached hydrogen (secondary N) is 1. The lowest BCUT2D eigenvalue weighted by molar-refractivity contribution is -0.128. The fourth-order valence-electron chi connectivity index (χ4n) is 4.15. The van der Waals surface area contributed by atoms with E-state index in [2.05, 4.69) is 15.3 Å². The normalized spacial score (nSPS) is 13.5. The van der Waals surface area contributed by atoms with Gasteiger partial charge in [-0.05, 0) is 54.4 Å². The molecule has 1 aliphatic rings. The van der Waals surface area contributed by atoms with Gasteiger partial charge in [-0.15, -0.1) is 0 Å². The van der Waals surface area contributed by atoms with Crippen molar-refractivity contribution in [2.75, 3.05) is 18.1 Å². The van der Waals surface area contributed by atoms with Crippen molar-refractivity contribution in [1.82, 2.24) is 14.9 Å². The molecule has 2 aromatic heterocycles. The number of sulfone groups is 1. The average molecular weight is 515 g/mol. The van der Waals surface area contributed by atoms with Crippen molar-refractivity contribution < 1.29 is 17.9 Å². The highest BCUT2D eigenvalue weighted by molar-refractivity contribution is 7.90. The molecule has 0 aliphatic carbocycles. The lowest BCUT2D eigenvalue weighted by Crippen LogP contribution is -2.24. The van der Waals surface area contributed by atoms with E-state index in [0.717, 1.165) is 35.1 Å². The fourth-order valence-corrected chi connectivity index (χ4v) is 4.71.